The van der Waals surface area contributed by atoms with E-state index in [0.717, 1.165) is 6.42 Å². The number of fused-ring (bicyclic) bond motifs is 6. The largest absolute Gasteiger partial charge is 0.0732 e. The average molecular weight is 204 g/mol. The van der Waals surface area contributed by atoms with E-state index >= 15 is 0 Å². The van der Waals surface area contributed by atoms with Gasteiger partial charge >= 0.3 is 0 Å². The molecule has 0 saturated heterocycles. The van der Waals surface area contributed by atoms with E-state index in [9.17, 15) is 0 Å². The van der Waals surface area contributed by atoms with Crippen LogP contribution in [0.15, 0.2) is 60.2 Å². The second-order valence-electron chi connectivity index (χ2n) is 4.62. The van der Waals surface area contributed by atoms with Crippen LogP contribution in [0.1, 0.15) is 17.5 Å². The Morgan fingerprint density at radius 3 is 2.81 bits per heavy atom. The summed E-state index contributed by atoms with van der Waals surface area (Å²) in [6, 6.07) is 8.79. The van der Waals surface area contributed by atoms with E-state index in [1.165, 1.54) is 22.3 Å². The third kappa shape index (κ3) is 0.943. The van der Waals surface area contributed by atoms with Gasteiger partial charge in [0.15, 0.2) is 0 Å². The highest BCUT2D eigenvalue weighted by atomic mass is 14.3. The minimum atomic E-state index is 0.510. The van der Waals surface area contributed by atoms with E-state index in [1.807, 2.05) is 0 Å². The molecular weight excluding hydrogens is 192 g/mol. The Balaban J connectivity index is 2.06. The van der Waals surface area contributed by atoms with Crippen molar-refractivity contribution in [3.05, 3.63) is 71.3 Å². The standard InChI is InChI=1S/C16H12/c1-2-6-13-11(5-1)9-12-10-16(13)15-8-4-3-7-14(12)15/h1-9,11H,10H2. The number of rotatable bonds is 0. The van der Waals surface area contributed by atoms with Crippen molar-refractivity contribution in [3.8, 4) is 0 Å². The molecule has 0 heterocycles. The van der Waals surface area contributed by atoms with Crippen molar-refractivity contribution < 1.29 is 0 Å². The lowest BCUT2D eigenvalue weighted by Crippen LogP contribution is -2.03. The Bertz CT molecular complexity index is 594. The maximum Gasteiger partial charge on any atom is 0.0210 e. The molecule has 1 atom stereocenters. The van der Waals surface area contributed by atoms with Crippen LogP contribution in [0.4, 0.5) is 0 Å². The molecule has 1 aromatic carbocycles. The Morgan fingerprint density at radius 1 is 1.00 bits per heavy atom. The average Bonchev–Trinajstić information content (AvgIpc) is 2.65. The maximum atomic E-state index is 2.42. The summed E-state index contributed by atoms with van der Waals surface area (Å²) in [5, 5.41) is 0. The monoisotopic (exact) mass is 204 g/mol. The van der Waals surface area contributed by atoms with Crippen LogP contribution in [0.3, 0.4) is 0 Å². The summed E-state index contributed by atoms with van der Waals surface area (Å²) in [7, 11) is 0. The van der Waals surface area contributed by atoms with Gasteiger partial charge in [-0.2, -0.15) is 0 Å². The lowest BCUT2D eigenvalue weighted by atomic mass is 9.84. The molecule has 0 N–H and O–H groups in total. The first-order chi connectivity index (χ1) is 7.93. The van der Waals surface area contributed by atoms with Gasteiger partial charge in [-0.3, -0.25) is 0 Å². The van der Waals surface area contributed by atoms with Gasteiger partial charge in [0.05, 0.1) is 0 Å². The molecule has 2 bridgehead atoms. The van der Waals surface area contributed by atoms with Gasteiger partial charge in [-0.25, -0.2) is 0 Å². The van der Waals surface area contributed by atoms with Crippen LogP contribution < -0.4 is 0 Å². The van der Waals surface area contributed by atoms with E-state index in [1.54, 1.807) is 5.57 Å². The van der Waals surface area contributed by atoms with Crippen LogP contribution in [-0.2, 0) is 0 Å². The number of allylic oxidation sites excluding steroid dienone is 8. The minimum absolute atomic E-state index is 0.510. The molecule has 0 fully saturated rings. The van der Waals surface area contributed by atoms with Gasteiger partial charge < -0.3 is 0 Å². The molecule has 0 amide bonds. The number of hydrogen-bond donors (Lipinski definition) is 0. The van der Waals surface area contributed by atoms with E-state index in [-0.39, 0.29) is 0 Å². The molecule has 0 nitrogen and oxygen atoms in total. The third-order valence-corrected chi connectivity index (χ3v) is 3.76. The second kappa shape index (κ2) is 2.85. The summed E-state index contributed by atoms with van der Waals surface area (Å²) in [4.78, 5) is 0. The molecule has 0 aliphatic heterocycles. The SMILES string of the molecule is C1=CC2=C3CC(=CC2C=C1)c1ccccc13. The predicted octanol–water partition coefficient (Wildman–Crippen LogP) is 3.98. The fraction of sp³-hybridized carbons (Fsp3) is 0.125. The highest BCUT2D eigenvalue weighted by Gasteiger charge is 2.29. The fourth-order valence-electron chi connectivity index (χ4n) is 3.04. The van der Waals surface area contributed by atoms with Crippen molar-refractivity contribution in [3.63, 3.8) is 0 Å². The molecule has 4 rings (SSSR count). The number of benzene rings is 1. The van der Waals surface area contributed by atoms with Crippen molar-refractivity contribution in [2.75, 3.05) is 0 Å². The normalized spacial score (nSPS) is 24.2. The number of hydrogen-bond acceptors (Lipinski definition) is 0. The van der Waals surface area contributed by atoms with E-state index in [2.05, 4.69) is 54.6 Å². The highest BCUT2D eigenvalue weighted by molar-refractivity contribution is 5.97. The smallest absolute Gasteiger partial charge is 0.0210 e. The van der Waals surface area contributed by atoms with Crippen molar-refractivity contribution in [1.29, 1.82) is 0 Å². The Hall–Kier alpha value is -1.82. The lowest BCUT2D eigenvalue weighted by molar-refractivity contribution is 0.979. The van der Waals surface area contributed by atoms with Crippen molar-refractivity contribution in [2.45, 2.75) is 6.42 Å². The quantitative estimate of drug-likeness (QED) is 0.599. The second-order valence-corrected chi connectivity index (χ2v) is 4.62. The Labute approximate surface area is 95.3 Å². The molecule has 0 spiro atoms. The van der Waals surface area contributed by atoms with Gasteiger partial charge in [0.2, 0.25) is 0 Å². The van der Waals surface area contributed by atoms with Gasteiger partial charge in [0.25, 0.3) is 0 Å². The van der Waals surface area contributed by atoms with Gasteiger partial charge in [-0.15, -0.1) is 0 Å². The van der Waals surface area contributed by atoms with E-state index < -0.39 is 0 Å². The maximum absolute atomic E-state index is 2.42. The molecule has 16 heavy (non-hydrogen) atoms. The Morgan fingerprint density at radius 2 is 1.88 bits per heavy atom. The summed E-state index contributed by atoms with van der Waals surface area (Å²) in [6.07, 6.45) is 12.4. The minimum Gasteiger partial charge on any atom is -0.0732 e. The van der Waals surface area contributed by atoms with Crippen LogP contribution in [-0.4, -0.2) is 0 Å². The van der Waals surface area contributed by atoms with Crippen molar-refractivity contribution in [2.24, 2.45) is 5.92 Å². The van der Waals surface area contributed by atoms with Gasteiger partial charge in [-0.1, -0.05) is 54.6 Å². The lowest BCUT2D eigenvalue weighted by Gasteiger charge is -2.20. The van der Waals surface area contributed by atoms with Crippen molar-refractivity contribution in [1.82, 2.24) is 0 Å². The van der Waals surface area contributed by atoms with Gasteiger partial charge in [0.1, 0.15) is 0 Å². The summed E-state index contributed by atoms with van der Waals surface area (Å²) >= 11 is 0. The van der Waals surface area contributed by atoms with Crippen LogP contribution in [0, 0.1) is 5.92 Å². The van der Waals surface area contributed by atoms with Gasteiger partial charge in [-0.05, 0) is 34.3 Å². The zero-order chi connectivity index (χ0) is 10.5. The van der Waals surface area contributed by atoms with Gasteiger partial charge in [0, 0.05) is 5.92 Å². The van der Waals surface area contributed by atoms with Crippen LogP contribution in [0.5, 0.6) is 0 Å². The molecule has 76 valence electrons. The molecule has 1 unspecified atom stereocenters. The molecule has 3 aliphatic carbocycles. The first-order valence-corrected chi connectivity index (χ1v) is 5.82. The van der Waals surface area contributed by atoms with Crippen LogP contribution in [0.2, 0.25) is 0 Å². The van der Waals surface area contributed by atoms with Crippen molar-refractivity contribution >= 4 is 11.1 Å². The topological polar surface area (TPSA) is 0 Å². The summed E-state index contributed by atoms with van der Waals surface area (Å²) in [5.74, 6) is 0.510. The zero-order valence-electron chi connectivity index (χ0n) is 8.98. The predicted molar refractivity (Wildman–Crippen MR) is 67.7 cm³/mol. The summed E-state index contributed by atoms with van der Waals surface area (Å²) in [5.41, 5.74) is 7.45. The highest BCUT2D eigenvalue weighted by Crippen LogP contribution is 2.48. The molecule has 3 aliphatic rings. The summed E-state index contributed by atoms with van der Waals surface area (Å²) < 4.78 is 0. The molecule has 0 saturated carbocycles. The molecular formula is C16H12. The summed E-state index contributed by atoms with van der Waals surface area (Å²) in [6.45, 7) is 0. The van der Waals surface area contributed by atoms with Crippen LogP contribution in [0.25, 0.3) is 11.1 Å². The van der Waals surface area contributed by atoms with Crippen LogP contribution >= 0.6 is 0 Å². The van der Waals surface area contributed by atoms with E-state index in [4.69, 9.17) is 0 Å². The molecule has 0 aromatic heterocycles. The fourth-order valence-corrected chi connectivity index (χ4v) is 3.04. The van der Waals surface area contributed by atoms with E-state index in [0.29, 0.717) is 5.92 Å². The zero-order valence-corrected chi connectivity index (χ0v) is 8.98. The first-order valence-electron chi connectivity index (χ1n) is 5.82. The molecule has 0 radical (unpaired) electrons. The first kappa shape index (κ1) is 8.35. The third-order valence-electron chi connectivity index (χ3n) is 3.76. The molecule has 0 heteroatoms. The Kier molecular flexibility index (Phi) is 1.49. The molecule has 1 aromatic rings.